The van der Waals surface area contributed by atoms with Gasteiger partial charge in [0.25, 0.3) is 0 Å². The molecule has 0 aromatic heterocycles. The predicted octanol–water partition coefficient (Wildman–Crippen LogP) is 3.62. The van der Waals surface area contributed by atoms with Crippen LogP contribution >= 0.6 is 0 Å². The normalized spacial score (nSPS) is 31.6. The number of carbonyl (C=O) groups is 3. The molecular weight excluding hydrogens is 472 g/mol. The molecule has 0 saturated carbocycles. The van der Waals surface area contributed by atoms with Crippen molar-refractivity contribution in [3.63, 3.8) is 0 Å². The monoisotopic (exact) mass is 518 g/mol. The Balaban J connectivity index is 2.00. The van der Waals surface area contributed by atoms with E-state index in [1.54, 1.807) is 11.0 Å². The first-order valence-electron chi connectivity index (χ1n) is 14.0. The average Bonchev–Trinajstić information content (AvgIpc) is 3.44. The largest absolute Gasteiger partial charge is 0.465 e. The molecule has 3 aliphatic rings. The summed E-state index contributed by atoms with van der Waals surface area (Å²) < 4.78 is 12.3. The minimum absolute atomic E-state index is 0.0531. The third kappa shape index (κ3) is 5.11. The van der Waals surface area contributed by atoms with Crippen molar-refractivity contribution in [3.05, 3.63) is 25.3 Å². The number of amides is 2. The maximum Gasteiger partial charge on any atom is 0.312 e. The van der Waals surface area contributed by atoms with Gasteiger partial charge in [0.05, 0.1) is 30.8 Å². The van der Waals surface area contributed by atoms with Crippen molar-refractivity contribution >= 4 is 17.8 Å². The van der Waals surface area contributed by atoms with Crippen molar-refractivity contribution in [2.45, 2.75) is 108 Å². The van der Waals surface area contributed by atoms with Gasteiger partial charge in [-0.3, -0.25) is 14.4 Å². The number of ether oxygens (including phenoxy) is 2. The summed E-state index contributed by atoms with van der Waals surface area (Å²) in [5.41, 5.74) is -1.99. The van der Waals surface area contributed by atoms with E-state index in [-0.39, 0.29) is 31.1 Å². The molecule has 3 rings (SSSR count). The van der Waals surface area contributed by atoms with Gasteiger partial charge in [-0.2, -0.15) is 0 Å². The Bertz CT molecular complexity index is 872. The molecule has 3 heterocycles. The summed E-state index contributed by atoms with van der Waals surface area (Å²) in [4.78, 5) is 45.2. The van der Waals surface area contributed by atoms with E-state index in [1.807, 2.05) is 26.8 Å². The third-order valence-corrected chi connectivity index (χ3v) is 8.67. The van der Waals surface area contributed by atoms with Crippen LogP contribution in [0.1, 0.15) is 79.1 Å². The highest BCUT2D eigenvalue weighted by Gasteiger charge is 2.79. The zero-order chi connectivity index (χ0) is 27.4. The van der Waals surface area contributed by atoms with Crippen LogP contribution in [0.4, 0.5) is 0 Å². The number of aliphatic hydroxyl groups is 1. The lowest BCUT2D eigenvalue weighted by atomic mass is 9.66. The van der Waals surface area contributed by atoms with E-state index < -0.39 is 41.1 Å². The minimum atomic E-state index is -1.12. The summed E-state index contributed by atoms with van der Waals surface area (Å²) in [5.74, 6) is -2.53. The number of esters is 1. The molecule has 8 nitrogen and oxygen atoms in total. The zero-order valence-corrected chi connectivity index (χ0v) is 23.1. The molecule has 1 spiro atoms. The highest BCUT2D eigenvalue weighted by molar-refractivity contribution is 5.98. The molecule has 2 amide bonds. The van der Waals surface area contributed by atoms with Crippen LogP contribution in [0.2, 0.25) is 0 Å². The number of hydrogen-bond acceptors (Lipinski definition) is 6. The van der Waals surface area contributed by atoms with E-state index in [9.17, 15) is 19.5 Å². The van der Waals surface area contributed by atoms with Crippen LogP contribution in [0.25, 0.3) is 0 Å². The number of allylic oxidation sites excluding steroid dienone is 1. The molecular formula is C29H46N2O6. The highest BCUT2D eigenvalue weighted by Crippen LogP contribution is 2.63. The van der Waals surface area contributed by atoms with E-state index in [4.69, 9.17) is 9.47 Å². The Morgan fingerprint density at radius 2 is 2.00 bits per heavy atom. The summed E-state index contributed by atoms with van der Waals surface area (Å²) in [6.45, 7) is 15.7. The van der Waals surface area contributed by atoms with Gasteiger partial charge >= 0.3 is 5.97 Å². The van der Waals surface area contributed by atoms with Gasteiger partial charge in [-0.05, 0) is 58.8 Å². The summed E-state index contributed by atoms with van der Waals surface area (Å²) >= 11 is 0. The van der Waals surface area contributed by atoms with Crippen molar-refractivity contribution in [1.29, 1.82) is 0 Å². The van der Waals surface area contributed by atoms with Crippen LogP contribution in [0, 0.1) is 11.8 Å². The van der Waals surface area contributed by atoms with Crippen LogP contribution < -0.4 is 0 Å². The fraction of sp³-hybridized carbons (Fsp3) is 0.759. The zero-order valence-electron chi connectivity index (χ0n) is 23.1. The van der Waals surface area contributed by atoms with Gasteiger partial charge in [0.1, 0.15) is 17.6 Å². The van der Waals surface area contributed by atoms with Gasteiger partial charge < -0.3 is 24.4 Å². The first-order valence-corrected chi connectivity index (χ1v) is 14.0. The number of aliphatic hydroxyl groups excluding tert-OH is 1. The Morgan fingerprint density at radius 1 is 1.27 bits per heavy atom. The molecule has 3 saturated heterocycles. The van der Waals surface area contributed by atoms with Gasteiger partial charge in [-0.1, -0.05) is 32.4 Å². The number of unbranched alkanes of at least 4 members (excludes halogenated alkanes) is 2. The lowest BCUT2D eigenvalue weighted by molar-refractivity contribution is -0.162. The van der Waals surface area contributed by atoms with Crippen molar-refractivity contribution in [2.75, 3.05) is 19.8 Å². The van der Waals surface area contributed by atoms with E-state index in [0.29, 0.717) is 32.2 Å². The van der Waals surface area contributed by atoms with Gasteiger partial charge in [-0.15, -0.1) is 13.2 Å². The molecule has 0 radical (unpaired) electrons. The fourth-order valence-electron chi connectivity index (χ4n) is 6.82. The first kappa shape index (κ1) is 29.4. The number of nitrogens with zero attached hydrogens (tertiary/aromatic N) is 2. The van der Waals surface area contributed by atoms with Crippen molar-refractivity contribution < 1.29 is 29.0 Å². The van der Waals surface area contributed by atoms with E-state index >= 15 is 0 Å². The number of carbonyl (C=O) groups excluding carboxylic acids is 3. The van der Waals surface area contributed by atoms with Gasteiger partial charge in [0.15, 0.2) is 0 Å². The maximum absolute atomic E-state index is 14.3. The van der Waals surface area contributed by atoms with E-state index in [2.05, 4.69) is 20.1 Å². The highest BCUT2D eigenvalue weighted by atomic mass is 16.6. The molecule has 37 heavy (non-hydrogen) atoms. The van der Waals surface area contributed by atoms with Gasteiger partial charge in [0, 0.05) is 12.6 Å². The molecule has 8 heteroatoms. The molecule has 3 unspecified atom stereocenters. The SMILES string of the molecule is C=CCCCCOC(=O)[C@@H]1[C@H]2C(=O)N([C@@H](CC)CO)C(C(=O)N(CC=C)C(C)CCC)C23CC[C@@]1(C)O3. The van der Waals surface area contributed by atoms with Crippen molar-refractivity contribution in [2.24, 2.45) is 11.8 Å². The fourth-order valence-corrected chi connectivity index (χ4v) is 6.82. The number of rotatable bonds is 15. The molecule has 0 aliphatic carbocycles. The first-order chi connectivity index (χ1) is 17.7. The van der Waals surface area contributed by atoms with Gasteiger partial charge in [-0.25, -0.2) is 0 Å². The Kier molecular flexibility index (Phi) is 9.62. The maximum atomic E-state index is 14.3. The van der Waals surface area contributed by atoms with E-state index in [0.717, 1.165) is 25.7 Å². The third-order valence-electron chi connectivity index (χ3n) is 8.67. The Morgan fingerprint density at radius 3 is 2.59 bits per heavy atom. The topological polar surface area (TPSA) is 96.4 Å². The minimum Gasteiger partial charge on any atom is -0.465 e. The summed E-state index contributed by atoms with van der Waals surface area (Å²) in [5, 5.41) is 10.2. The van der Waals surface area contributed by atoms with Crippen LogP contribution in [0.15, 0.2) is 25.3 Å². The quantitative estimate of drug-likeness (QED) is 0.202. The molecule has 3 aliphatic heterocycles. The van der Waals surface area contributed by atoms with Crippen LogP contribution in [0.5, 0.6) is 0 Å². The van der Waals surface area contributed by atoms with Gasteiger partial charge in [0.2, 0.25) is 11.8 Å². The van der Waals surface area contributed by atoms with E-state index in [1.165, 1.54) is 4.90 Å². The molecule has 3 fully saturated rings. The van der Waals surface area contributed by atoms with Crippen LogP contribution in [-0.2, 0) is 23.9 Å². The molecule has 7 atom stereocenters. The molecule has 0 aromatic carbocycles. The van der Waals surface area contributed by atoms with Crippen LogP contribution in [-0.4, -0.2) is 81.8 Å². The summed E-state index contributed by atoms with van der Waals surface area (Å²) in [6, 6.07) is -1.50. The second-order valence-electron chi connectivity index (χ2n) is 11.1. The number of likely N-dealkylation sites (tertiary alicyclic amines) is 1. The molecule has 1 N–H and O–H groups in total. The number of hydrogen-bond donors (Lipinski definition) is 1. The Hall–Kier alpha value is -2.19. The summed E-state index contributed by atoms with van der Waals surface area (Å²) in [6.07, 6.45) is 9.24. The molecule has 0 aromatic rings. The average molecular weight is 519 g/mol. The second kappa shape index (κ2) is 12.1. The number of fused-ring (bicyclic) bond motifs is 1. The van der Waals surface area contributed by atoms with Crippen molar-refractivity contribution in [3.8, 4) is 0 Å². The van der Waals surface area contributed by atoms with Crippen molar-refractivity contribution in [1.82, 2.24) is 9.80 Å². The standard InChI is InChI=1S/C29H46N2O6/c1-7-11-12-13-18-36-27(35)23-22-25(33)31(21(10-4)19-32)24(29(22)16-15-28(23,6)37-29)26(34)30(17-9-3)20(5)14-8-2/h7,9,20-24,32H,1,3,8,10-19H2,2,4-6H3/t20?,21-,22-,23-,24?,28+,29?/m0/s1. The predicted molar refractivity (Wildman–Crippen MR) is 142 cm³/mol. The molecule has 208 valence electrons. The lowest BCUT2D eigenvalue weighted by Gasteiger charge is -2.41. The smallest absolute Gasteiger partial charge is 0.312 e. The summed E-state index contributed by atoms with van der Waals surface area (Å²) in [7, 11) is 0. The van der Waals surface area contributed by atoms with Crippen LogP contribution in [0.3, 0.4) is 0 Å². The Labute approximate surface area is 222 Å². The molecule has 2 bridgehead atoms. The lowest BCUT2D eigenvalue weighted by Crippen LogP contribution is -2.60. The second-order valence-corrected chi connectivity index (χ2v) is 11.1.